The summed E-state index contributed by atoms with van der Waals surface area (Å²) in [4.78, 5) is 0. The predicted molar refractivity (Wildman–Crippen MR) is 105 cm³/mol. The van der Waals surface area contributed by atoms with Crippen LogP contribution in [-0.4, -0.2) is 23.5 Å². The third kappa shape index (κ3) is 4.69. The molecule has 0 atom stereocenters. The fourth-order valence-electron chi connectivity index (χ4n) is 2.01. The number of hydrazone groups is 1. The van der Waals surface area contributed by atoms with Gasteiger partial charge in [0.1, 0.15) is 0 Å². The van der Waals surface area contributed by atoms with Gasteiger partial charge in [0.15, 0.2) is 16.6 Å². The van der Waals surface area contributed by atoms with Crippen molar-refractivity contribution in [3.8, 4) is 11.5 Å². The first kappa shape index (κ1) is 18.2. The fourth-order valence-corrected chi connectivity index (χ4v) is 2.63. The van der Waals surface area contributed by atoms with Crippen LogP contribution in [0.15, 0.2) is 39.9 Å². The molecule has 0 aliphatic rings. The van der Waals surface area contributed by atoms with E-state index in [0.717, 1.165) is 22.4 Å². The summed E-state index contributed by atoms with van der Waals surface area (Å²) in [7, 11) is 1.49. The zero-order chi connectivity index (χ0) is 17.7. The standard InChI is InChI=1S/C17H18BrN3O2S/c1-10-4-5-11(2)14(6-10)20-17(24)21-19-9-12-7-13(18)16(22)15(8-12)23-3/h4-9,22H,1-3H3,(H2,20,21,24). The van der Waals surface area contributed by atoms with Crippen LogP contribution in [0.5, 0.6) is 11.5 Å². The molecule has 0 saturated heterocycles. The molecule has 0 heterocycles. The molecule has 3 N–H and O–H groups in total. The number of aromatic hydroxyl groups is 1. The van der Waals surface area contributed by atoms with E-state index in [0.29, 0.717) is 15.3 Å². The normalized spacial score (nSPS) is 10.7. The maximum Gasteiger partial charge on any atom is 0.191 e. The Morgan fingerprint density at radius 2 is 2.04 bits per heavy atom. The van der Waals surface area contributed by atoms with Gasteiger partial charge >= 0.3 is 0 Å². The molecule has 0 aromatic heterocycles. The summed E-state index contributed by atoms with van der Waals surface area (Å²) in [5.41, 5.74) is 6.71. The fraction of sp³-hybridized carbons (Fsp3) is 0.176. The first-order valence-corrected chi connectivity index (χ1v) is 8.34. The lowest BCUT2D eigenvalue weighted by atomic mass is 10.1. The van der Waals surface area contributed by atoms with Crippen LogP contribution in [0.3, 0.4) is 0 Å². The van der Waals surface area contributed by atoms with Crippen LogP contribution in [0.2, 0.25) is 0 Å². The average Bonchev–Trinajstić information content (AvgIpc) is 2.54. The number of hydrogen-bond donors (Lipinski definition) is 3. The number of ether oxygens (including phenoxy) is 1. The van der Waals surface area contributed by atoms with Gasteiger partial charge in [-0.3, -0.25) is 5.43 Å². The molecule has 5 nitrogen and oxygen atoms in total. The number of halogens is 1. The minimum Gasteiger partial charge on any atom is -0.503 e. The molecule has 24 heavy (non-hydrogen) atoms. The topological polar surface area (TPSA) is 65.9 Å². The second-order valence-electron chi connectivity index (χ2n) is 5.20. The molecule has 0 saturated carbocycles. The zero-order valence-corrected chi connectivity index (χ0v) is 16.0. The number of phenols is 1. The van der Waals surface area contributed by atoms with Crippen molar-refractivity contribution in [2.75, 3.05) is 12.4 Å². The molecular formula is C17H18BrN3O2S. The van der Waals surface area contributed by atoms with Gasteiger partial charge in [-0.15, -0.1) is 0 Å². The highest BCUT2D eigenvalue weighted by molar-refractivity contribution is 9.10. The van der Waals surface area contributed by atoms with Gasteiger partial charge in [0.05, 0.1) is 17.8 Å². The van der Waals surface area contributed by atoms with E-state index in [1.54, 1.807) is 18.3 Å². The van der Waals surface area contributed by atoms with Crippen molar-refractivity contribution < 1.29 is 9.84 Å². The van der Waals surface area contributed by atoms with Gasteiger partial charge < -0.3 is 15.2 Å². The molecule has 0 spiro atoms. The van der Waals surface area contributed by atoms with E-state index in [9.17, 15) is 5.11 Å². The quantitative estimate of drug-likeness (QED) is 0.404. The number of hydrogen-bond acceptors (Lipinski definition) is 4. The van der Waals surface area contributed by atoms with Gasteiger partial charge in [0, 0.05) is 5.69 Å². The summed E-state index contributed by atoms with van der Waals surface area (Å²) in [5, 5.41) is 17.4. The monoisotopic (exact) mass is 407 g/mol. The number of methoxy groups -OCH3 is 1. The van der Waals surface area contributed by atoms with Gasteiger partial charge in [-0.1, -0.05) is 12.1 Å². The molecular weight excluding hydrogens is 390 g/mol. The summed E-state index contributed by atoms with van der Waals surface area (Å²) in [6, 6.07) is 9.50. The Labute approximate surface area is 154 Å². The van der Waals surface area contributed by atoms with Gasteiger partial charge in [0.25, 0.3) is 0 Å². The largest absolute Gasteiger partial charge is 0.503 e. The zero-order valence-electron chi connectivity index (χ0n) is 13.6. The minimum atomic E-state index is 0.0507. The van der Waals surface area contributed by atoms with Crippen molar-refractivity contribution >= 4 is 45.2 Å². The molecule has 126 valence electrons. The van der Waals surface area contributed by atoms with E-state index >= 15 is 0 Å². The molecule has 0 aliphatic heterocycles. The second kappa shape index (κ2) is 8.12. The minimum absolute atomic E-state index is 0.0507. The van der Waals surface area contributed by atoms with Crippen molar-refractivity contribution in [3.05, 3.63) is 51.5 Å². The van der Waals surface area contributed by atoms with Gasteiger partial charge in [-0.25, -0.2) is 0 Å². The number of aryl methyl sites for hydroxylation is 2. The van der Waals surface area contributed by atoms with E-state index in [-0.39, 0.29) is 5.75 Å². The van der Waals surface area contributed by atoms with Crippen LogP contribution < -0.4 is 15.5 Å². The summed E-state index contributed by atoms with van der Waals surface area (Å²) in [6.45, 7) is 4.03. The number of anilines is 1. The third-order valence-electron chi connectivity index (χ3n) is 3.29. The van der Waals surface area contributed by atoms with Crippen molar-refractivity contribution in [2.45, 2.75) is 13.8 Å². The van der Waals surface area contributed by atoms with Gasteiger partial charge in [-0.05, 0) is 76.9 Å². The Balaban J connectivity index is 2.02. The number of phenolic OH excluding ortho intramolecular Hbond substituents is 1. The van der Waals surface area contributed by atoms with Crippen LogP contribution in [0.4, 0.5) is 5.69 Å². The highest BCUT2D eigenvalue weighted by Crippen LogP contribution is 2.34. The molecule has 0 bridgehead atoms. The van der Waals surface area contributed by atoms with Crippen molar-refractivity contribution in [1.82, 2.24) is 5.43 Å². The highest BCUT2D eigenvalue weighted by Gasteiger charge is 2.07. The van der Waals surface area contributed by atoms with Crippen molar-refractivity contribution in [1.29, 1.82) is 0 Å². The molecule has 0 radical (unpaired) electrons. The van der Waals surface area contributed by atoms with E-state index in [2.05, 4.69) is 31.8 Å². The number of nitrogens with zero attached hydrogens (tertiary/aromatic N) is 1. The lowest BCUT2D eigenvalue weighted by Crippen LogP contribution is -2.24. The van der Waals surface area contributed by atoms with E-state index in [4.69, 9.17) is 17.0 Å². The molecule has 2 aromatic rings. The van der Waals surface area contributed by atoms with E-state index in [1.165, 1.54) is 7.11 Å². The van der Waals surface area contributed by atoms with Crippen LogP contribution in [0, 0.1) is 13.8 Å². The Morgan fingerprint density at radius 1 is 1.29 bits per heavy atom. The Kier molecular flexibility index (Phi) is 6.16. The SMILES string of the molecule is COc1cc(C=NNC(=S)Nc2cc(C)ccc2C)cc(Br)c1O. The maximum atomic E-state index is 9.79. The molecule has 7 heteroatoms. The lowest BCUT2D eigenvalue weighted by molar-refractivity contribution is 0.372. The molecule has 2 rings (SSSR count). The first-order chi connectivity index (χ1) is 11.4. The summed E-state index contributed by atoms with van der Waals surface area (Å²) >= 11 is 8.51. The molecule has 0 unspecified atom stereocenters. The Bertz CT molecular complexity index is 794. The molecule has 2 aromatic carbocycles. The van der Waals surface area contributed by atoms with Crippen LogP contribution >= 0.6 is 28.1 Å². The Morgan fingerprint density at radius 3 is 2.75 bits per heavy atom. The Hall–Kier alpha value is -2.12. The highest BCUT2D eigenvalue weighted by atomic mass is 79.9. The van der Waals surface area contributed by atoms with Crippen LogP contribution in [0.1, 0.15) is 16.7 Å². The van der Waals surface area contributed by atoms with Crippen molar-refractivity contribution in [3.63, 3.8) is 0 Å². The molecule has 0 amide bonds. The average molecular weight is 408 g/mol. The van der Waals surface area contributed by atoms with E-state index in [1.807, 2.05) is 32.0 Å². The van der Waals surface area contributed by atoms with Crippen molar-refractivity contribution in [2.24, 2.45) is 5.10 Å². The molecule has 0 fully saturated rings. The predicted octanol–water partition coefficient (Wildman–Crippen LogP) is 4.10. The smallest absolute Gasteiger partial charge is 0.191 e. The van der Waals surface area contributed by atoms with Crippen LogP contribution in [0.25, 0.3) is 0 Å². The summed E-state index contributed by atoms with van der Waals surface area (Å²) in [5.74, 6) is 0.414. The third-order valence-corrected chi connectivity index (χ3v) is 4.09. The summed E-state index contributed by atoms with van der Waals surface area (Å²) in [6.07, 6.45) is 1.59. The van der Waals surface area contributed by atoms with Gasteiger partial charge in [0.2, 0.25) is 0 Å². The number of thiocarbonyl (C=S) groups is 1. The van der Waals surface area contributed by atoms with Gasteiger partial charge in [-0.2, -0.15) is 5.10 Å². The number of benzene rings is 2. The molecule has 0 aliphatic carbocycles. The van der Waals surface area contributed by atoms with E-state index < -0.39 is 0 Å². The lowest BCUT2D eigenvalue weighted by Gasteiger charge is -2.10. The summed E-state index contributed by atoms with van der Waals surface area (Å²) < 4.78 is 5.62. The first-order valence-electron chi connectivity index (χ1n) is 7.14. The second-order valence-corrected chi connectivity index (χ2v) is 6.46. The number of nitrogens with one attached hydrogen (secondary N) is 2. The maximum absolute atomic E-state index is 9.79. The number of rotatable bonds is 4. The van der Waals surface area contributed by atoms with Crippen LogP contribution in [-0.2, 0) is 0 Å².